The zero-order valence-electron chi connectivity index (χ0n) is 13.3. The van der Waals surface area contributed by atoms with Gasteiger partial charge in [0.05, 0.1) is 17.7 Å². The fourth-order valence-electron chi connectivity index (χ4n) is 2.86. The summed E-state index contributed by atoms with van der Waals surface area (Å²) in [5, 5.41) is 19.3. The predicted octanol–water partition coefficient (Wildman–Crippen LogP) is 1.95. The molecule has 0 saturated carbocycles. The summed E-state index contributed by atoms with van der Waals surface area (Å²) in [7, 11) is 0. The standard InChI is InChI=1S/C18H19FN4O/c19-16-3-1-15(2-4-16)17(24)13-22-7-9-23(10-8-22)18-11-14(12-20)5-6-21-18/h1-6,11,17,24H,7-10,13H2/t17-/m1/s1. The van der Waals surface area contributed by atoms with E-state index in [9.17, 15) is 9.50 Å². The summed E-state index contributed by atoms with van der Waals surface area (Å²) >= 11 is 0. The zero-order chi connectivity index (χ0) is 16.9. The van der Waals surface area contributed by atoms with E-state index in [2.05, 4.69) is 20.9 Å². The van der Waals surface area contributed by atoms with Crippen molar-refractivity contribution in [3.8, 4) is 6.07 Å². The van der Waals surface area contributed by atoms with E-state index in [-0.39, 0.29) is 5.82 Å². The second kappa shape index (κ2) is 7.39. The number of rotatable bonds is 4. The van der Waals surface area contributed by atoms with Crippen molar-refractivity contribution in [3.05, 3.63) is 59.5 Å². The van der Waals surface area contributed by atoms with Gasteiger partial charge in [0.2, 0.25) is 0 Å². The average molecular weight is 326 g/mol. The number of hydrogen-bond donors (Lipinski definition) is 1. The van der Waals surface area contributed by atoms with E-state index in [1.165, 1.54) is 12.1 Å². The van der Waals surface area contributed by atoms with Crippen molar-refractivity contribution in [1.29, 1.82) is 5.26 Å². The second-order valence-corrected chi connectivity index (χ2v) is 5.87. The van der Waals surface area contributed by atoms with Gasteiger partial charge in [-0.05, 0) is 29.8 Å². The number of piperazine rings is 1. The summed E-state index contributed by atoms with van der Waals surface area (Å²) in [4.78, 5) is 8.64. The highest BCUT2D eigenvalue weighted by atomic mass is 19.1. The Morgan fingerprint density at radius 2 is 1.88 bits per heavy atom. The maximum Gasteiger partial charge on any atom is 0.129 e. The number of halogens is 1. The zero-order valence-corrected chi connectivity index (χ0v) is 13.3. The molecule has 2 aromatic rings. The van der Waals surface area contributed by atoms with Crippen LogP contribution in [-0.2, 0) is 0 Å². The van der Waals surface area contributed by atoms with Gasteiger partial charge in [-0.25, -0.2) is 9.37 Å². The normalized spacial score (nSPS) is 16.6. The van der Waals surface area contributed by atoms with Crippen molar-refractivity contribution in [3.63, 3.8) is 0 Å². The lowest BCUT2D eigenvalue weighted by Crippen LogP contribution is -2.47. The van der Waals surface area contributed by atoms with Crippen molar-refractivity contribution >= 4 is 5.82 Å². The summed E-state index contributed by atoms with van der Waals surface area (Å²) in [6, 6.07) is 11.6. The van der Waals surface area contributed by atoms with Gasteiger partial charge in [-0.15, -0.1) is 0 Å². The molecule has 0 aliphatic carbocycles. The third kappa shape index (κ3) is 3.88. The summed E-state index contributed by atoms with van der Waals surface area (Å²) in [5.41, 5.74) is 1.33. The molecule has 1 aliphatic heterocycles. The molecule has 124 valence electrons. The van der Waals surface area contributed by atoms with Crippen molar-refractivity contribution in [1.82, 2.24) is 9.88 Å². The number of anilines is 1. The molecule has 6 heteroatoms. The first-order chi connectivity index (χ1) is 11.7. The van der Waals surface area contributed by atoms with Gasteiger partial charge < -0.3 is 10.0 Å². The first-order valence-corrected chi connectivity index (χ1v) is 7.92. The number of benzene rings is 1. The lowest BCUT2D eigenvalue weighted by atomic mass is 10.1. The van der Waals surface area contributed by atoms with E-state index in [0.29, 0.717) is 12.1 Å². The number of hydrogen-bond acceptors (Lipinski definition) is 5. The van der Waals surface area contributed by atoms with Crippen LogP contribution < -0.4 is 4.90 Å². The maximum absolute atomic E-state index is 12.9. The molecule has 5 nitrogen and oxygen atoms in total. The maximum atomic E-state index is 12.9. The van der Waals surface area contributed by atoms with Crippen LogP contribution in [0.15, 0.2) is 42.6 Å². The fraction of sp³-hybridized carbons (Fsp3) is 0.333. The summed E-state index contributed by atoms with van der Waals surface area (Å²) in [6.07, 6.45) is 1.02. The molecule has 1 saturated heterocycles. The first kappa shape index (κ1) is 16.4. The Morgan fingerprint density at radius 1 is 1.17 bits per heavy atom. The van der Waals surface area contributed by atoms with Crippen LogP contribution in [0.2, 0.25) is 0 Å². The van der Waals surface area contributed by atoms with E-state index in [0.717, 1.165) is 37.6 Å². The van der Waals surface area contributed by atoms with Gasteiger partial charge in [0.1, 0.15) is 11.6 Å². The molecule has 1 aromatic carbocycles. The SMILES string of the molecule is N#Cc1ccnc(N2CCN(C[C@@H](O)c3ccc(F)cc3)CC2)c1. The van der Waals surface area contributed by atoms with Crippen LogP contribution in [0.4, 0.5) is 10.2 Å². The molecule has 0 unspecified atom stereocenters. The smallest absolute Gasteiger partial charge is 0.129 e. The minimum atomic E-state index is -0.628. The fourth-order valence-corrected chi connectivity index (χ4v) is 2.86. The van der Waals surface area contributed by atoms with Crippen LogP contribution in [0.1, 0.15) is 17.2 Å². The van der Waals surface area contributed by atoms with Gasteiger partial charge in [0.25, 0.3) is 0 Å². The molecule has 0 bridgehead atoms. The van der Waals surface area contributed by atoms with Gasteiger partial charge in [-0.1, -0.05) is 12.1 Å². The summed E-state index contributed by atoms with van der Waals surface area (Å²) < 4.78 is 12.9. The van der Waals surface area contributed by atoms with Gasteiger partial charge in [-0.3, -0.25) is 4.90 Å². The molecule has 3 rings (SSSR count). The highest BCUT2D eigenvalue weighted by Gasteiger charge is 2.21. The molecule has 1 fully saturated rings. The minimum Gasteiger partial charge on any atom is -0.387 e. The van der Waals surface area contributed by atoms with E-state index in [1.807, 2.05) is 0 Å². The van der Waals surface area contributed by atoms with E-state index in [4.69, 9.17) is 5.26 Å². The Balaban J connectivity index is 1.55. The number of β-amino-alcohol motifs (C(OH)–C–C–N with tert-alkyl or cyclic N) is 1. The third-order valence-electron chi connectivity index (χ3n) is 4.26. The lowest BCUT2D eigenvalue weighted by Gasteiger charge is -2.36. The summed E-state index contributed by atoms with van der Waals surface area (Å²) in [6.45, 7) is 3.70. The van der Waals surface area contributed by atoms with Crippen molar-refractivity contribution < 1.29 is 9.50 Å². The van der Waals surface area contributed by atoms with Crippen molar-refractivity contribution in [2.24, 2.45) is 0 Å². The van der Waals surface area contributed by atoms with Crippen LogP contribution in [0.5, 0.6) is 0 Å². The number of aliphatic hydroxyl groups is 1. The highest BCUT2D eigenvalue weighted by molar-refractivity contribution is 5.45. The number of nitriles is 1. The molecule has 1 aromatic heterocycles. The highest BCUT2D eigenvalue weighted by Crippen LogP contribution is 2.18. The molecule has 0 spiro atoms. The number of aromatic nitrogens is 1. The summed E-state index contributed by atoms with van der Waals surface area (Å²) in [5.74, 6) is 0.513. The molecular formula is C18H19FN4O. The Hall–Kier alpha value is -2.49. The molecule has 24 heavy (non-hydrogen) atoms. The Bertz CT molecular complexity index is 721. The number of pyridine rings is 1. The Labute approximate surface area is 140 Å². The quantitative estimate of drug-likeness (QED) is 0.930. The topological polar surface area (TPSA) is 63.4 Å². The molecule has 2 heterocycles. The van der Waals surface area contributed by atoms with E-state index in [1.54, 1.807) is 30.5 Å². The second-order valence-electron chi connectivity index (χ2n) is 5.87. The van der Waals surface area contributed by atoms with Gasteiger partial charge >= 0.3 is 0 Å². The van der Waals surface area contributed by atoms with Gasteiger partial charge in [0, 0.05) is 38.9 Å². The van der Waals surface area contributed by atoms with Gasteiger partial charge in [0.15, 0.2) is 0 Å². The first-order valence-electron chi connectivity index (χ1n) is 7.92. The Kier molecular flexibility index (Phi) is 5.04. The van der Waals surface area contributed by atoms with Crippen molar-refractivity contribution in [2.45, 2.75) is 6.10 Å². The minimum absolute atomic E-state index is 0.299. The van der Waals surface area contributed by atoms with Crippen LogP contribution in [0.25, 0.3) is 0 Å². The third-order valence-corrected chi connectivity index (χ3v) is 4.26. The van der Waals surface area contributed by atoms with Crippen LogP contribution in [-0.4, -0.2) is 47.7 Å². The predicted molar refractivity (Wildman–Crippen MR) is 89.0 cm³/mol. The molecule has 1 atom stereocenters. The monoisotopic (exact) mass is 326 g/mol. The Morgan fingerprint density at radius 3 is 2.54 bits per heavy atom. The lowest BCUT2D eigenvalue weighted by molar-refractivity contribution is 0.109. The van der Waals surface area contributed by atoms with E-state index < -0.39 is 6.10 Å². The van der Waals surface area contributed by atoms with Gasteiger partial charge in [-0.2, -0.15) is 5.26 Å². The molecule has 0 radical (unpaired) electrons. The largest absolute Gasteiger partial charge is 0.387 e. The molecular weight excluding hydrogens is 307 g/mol. The number of nitrogens with zero attached hydrogens (tertiary/aromatic N) is 4. The van der Waals surface area contributed by atoms with Crippen LogP contribution >= 0.6 is 0 Å². The average Bonchev–Trinajstić information content (AvgIpc) is 2.63. The van der Waals surface area contributed by atoms with Crippen molar-refractivity contribution in [2.75, 3.05) is 37.6 Å². The van der Waals surface area contributed by atoms with Crippen LogP contribution in [0, 0.1) is 17.1 Å². The molecule has 0 amide bonds. The van der Waals surface area contributed by atoms with E-state index >= 15 is 0 Å². The molecule has 1 N–H and O–H groups in total. The molecule has 1 aliphatic rings. The number of aliphatic hydroxyl groups excluding tert-OH is 1. The van der Waals surface area contributed by atoms with Crippen LogP contribution in [0.3, 0.4) is 0 Å².